The summed E-state index contributed by atoms with van der Waals surface area (Å²) < 4.78 is 4.91. The van der Waals surface area contributed by atoms with Crippen LogP contribution in [0.5, 0.6) is 0 Å². The van der Waals surface area contributed by atoms with Gasteiger partial charge in [-0.05, 0) is 19.9 Å². The molecule has 8 heteroatoms. The predicted molar refractivity (Wildman–Crippen MR) is 78.7 cm³/mol. The first-order chi connectivity index (χ1) is 9.97. The number of aromatic nitrogens is 1. The van der Waals surface area contributed by atoms with Crippen LogP contribution >= 0.6 is 11.3 Å². The first-order valence-electron chi connectivity index (χ1n) is 6.81. The largest absolute Gasteiger partial charge is 0.481 e. The van der Waals surface area contributed by atoms with E-state index in [0.29, 0.717) is 24.5 Å². The second kappa shape index (κ2) is 8.58. The van der Waals surface area contributed by atoms with Crippen LogP contribution in [0.25, 0.3) is 0 Å². The zero-order valence-corrected chi connectivity index (χ0v) is 13.0. The Hall–Kier alpha value is -1.67. The van der Waals surface area contributed by atoms with Gasteiger partial charge in [0.05, 0.1) is 17.9 Å². The number of H-pyrrole nitrogens is 1. The lowest BCUT2D eigenvalue weighted by Crippen LogP contribution is -2.27. The number of hydrogen-bond donors (Lipinski definition) is 2. The molecule has 1 aromatic heterocycles. The third kappa shape index (κ3) is 5.68. The number of esters is 1. The van der Waals surface area contributed by atoms with Gasteiger partial charge in [-0.2, -0.15) is 0 Å². The number of aromatic amines is 1. The van der Waals surface area contributed by atoms with E-state index in [1.165, 1.54) is 0 Å². The molecule has 0 aliphatic heterocycles. The summed E-state index contributed by atoms with van der Waals surface area (Å²) in [6.07, 6.45) is 0.877. The number of carboxylic acids is 1. The number of nitrogens with one attached hydrogen (secondary N) is 1. The molecule has 21 heavy (non-hydrogen) atoms. The number of rotatable bonds is 9. The molecule has 0 radical (unpaired) electrons. The van der Waals surface area contributed by atoms with Crippen molar-refractivity contribution >= 4 is 23.3 Å². The Morgan fingerprint density at radius 2 is 2.05 bits per heavy atom. The smallest absolute Gasteiger partial charge is 0.356 e. The van der Waals surface area contributed by atoms with E-state index in [4.69, 9.17) is 9.84 Å². The molecule has 1 heterocycles. The molecule has 0 unspecified atom stereocenters. The van der Waals surface area contributed by atoms with Gasteiger partial charge in [-0.1, -0.05) is 18.3 Å². The van der Waals surface area contributed by atoms with Gasteiger partial charge in [0, 0.05) is 13.1 Å². The molecule has 0 amide bonds. The van der Waals surface area contributed by atoms with Crippen LogP contribution in [0.2, 0.25) is 0 Å². The summed E-state index contributed by atoms with van der Waals surface area (Å²) in [5.41, 5.74) is 0.170. The summed E-state index contributed by atoms with van der Waals surface area (Å²) in [6.45, 7) is 5.34. The van der Waals surface area contributed by atoms with Gasteiger partial charge in [-0.3, -0.25) is 14.5 Å². The van der Waals surface area contributed by atoms with Crippen LogP contribution in [0, 0.1) is 0 Å². The van der Waals surface area contributed by atoms with Crippen LogP contribution in [0.3, 0.4) is 0 Å². The van der Waals surface area contributed by atoms with E-state index >= 15 is 0 Å². The normalized spacial score (nSPS) is 10.8. The number of aliphatic carboxylic acids is 1. The Balaban J connectivity index is 2.84. The first kappa shape index (κ1) is 17.4. The number of carboxylic acid groups (broad SMARTS) is 1. The van der Waals surface area contributed by atoms with Crippen molar-refractivity contribution in [3.05, 3.63) is 20.2 Å². The van der Waals surface area contributed by atoms with Crippen LogP contribution < -0.4 is 4.87 Å². The molecule has 0 saturated carbocycles. The van der Waals surface area contributed by atoms with Crippen molar-refractivity contribution in [1.29, 1.82) is 0 Å². The molecular weight excluding hydrogens is 296 g/mol. The minimum Gasteiger partial charge on any atom is -0.481 e. The van der Waals surface area contributed by atoms with E-state index in [2.05, 4.69) is 4.98 Å². The van der Waals surface area contributed by atoms with Gasteiger partial charge < -0.3 is 14.8 Å². The molecule has 0 atom stereocenters. The highest BCUT2D eigenvalue weighted by molar-refractivity contribution is 7.09. The summed E-state index contributed by atoms with van der Waals surface area (Å²) in [5, 5.41) is 8.76. The second-order valence-corrected chi connectivity index (χ2v) is 5.52. The molecule has 1 aromatic rings. The highest BCUT2D eigenvalue weighted by atomic mass is 32.1. The molecule has 7 nitrogen and oxygen atoms in total. The number of hydrogen-bond acceptors (Lipinski definition) is 6. The maximum Gasteiger partial charge on any atom is 0.356 e. The Kier molecular flexibility index (Phi) is 7.10. The van der Waals surface area contributed by atoms with Crippen LogP contribution in [-0.2, 0) is 16.1 Å². The number of carbonyl (C=O) groups is 2. The van der Waals surface area contributed by atoms with Gasteiger partial charge in [0.2, 0.25) is 0 Å². The maximum absolute atomic E-state index is 11.8. The van der Waals surface area contributed by atoms with Crippen LogP contribution in [0.15, 0.2) is 4.79 Å². The Labute approximate surface area is 126 Å². The van der Waals surface area contributed by atoms with Crippen LogP contribution in [0.4, 0.5) is 0 Å². The van der Waals surface area contributed by atoms with Crippen molar-refractivity contribution in [2.24, 2.45) is 0 Å². The summed E-state index contributed by atoms with van der Waals surface area (Å²) in [4.78, 5) is 38.6. The van der Waals surface area contributed by atoms with E-state index in [1.807, 2.05) is 11.8 Å². The van der Waals surface area contributed by atoms with Crippen LogP contribution in [-0.4, -0.2) is 46.6 Å². The van der Waals surface area contributed by atoms with Crippen molar-refractivity contribution < 1.29 is 19.4 Å². The zero-order valence-electron chi connectivity index (χ0n) is 12.2. The number of nitrogens with zero attached hydrogens (tertiary/aromatic N) is 1. The topological polar surface area (TPSA) is 99.7 Å². The van der Waals surface area contributed by atoms with Gasteiger partial charge in [0.25, 0.3) is 0 Å². The molecule has 0 aromatic carbocycles. The van der Waals surface area contributed by atoms with Crippen molar-refractivity contribution in [3.63, 3.8) is 0 Å². The maximum atomic E-state index is 11.8. The van der Waals surface area contributed by atoms with Crippen molar-refractivity contribution in [2.45, 2.75) is 33.2 Å². The Morgan fingerprint density at radius 1 is 1.33 bits per heavy atom. The summed E-state index contributed by atoms with van der Waals surface area (Å²) >= 11 is 0.956. The quantitative estimate of drug-likeness (QED) is 0.666. The fraction of sp³-hybridized carbons (Fsp3) is 0.615. The molecule has 0 aliphatic carbocycles. The number of thiazole rings is 1. The lowest BCUT2D eigenvalue weighted by atomic mass is 10.3. The number of ether oxygens (including phenoxy) is 1. The molecule has 0 fully saturated rings. The van der Waals surface area contributed by atoms with Gasteiger partial charge in [-0.15, -0.1) is 0 Å². The minimum absolute atomic E-state index is 0.0219. The summed E-state index contributed by atoms with van der Waals surface area (Å²) in [5.74, 6) is -1.43. The molecular formula is C13H20N2O5S. The summed E-state index contributed by atoms with van der Waals surface area (Å²) in [7, 11) is 0. The van der Waals surface area contributed by atoms with Crippen molar-refractivity contribution in [3.8, 4) is 0 Å². The number of carbonyl (C=O) groups excluding carboxylic acids is 1. The fourth-order valence-electron chi connectivity index (χ4n) is 1.88. The monoisotopic (exact) mass is 316 g/mol. The van der Waals surface area contributed by atoms with E-state index < -0.39 is 11.9 Å². The van der Waals surface area contributed by atoms with E-state index in [9.17, 15) is 14.4 Å². The zero-order chi connectivity index (χ0) is 15.8. The molecule has 1 rings (SSSR count). The van der Waals surface area contributed by atoms with Gasteiger partial charge in [0.1, 0.15) is 5.69 Å². The third-order valence-electron chi connectivity index (χ3n) is 2.75. The SMILES string of the molecule is CCCN(CCC(=O)O)Cc1sc(=O)[nH]c1C(=O)OCC. The van der Waals surface area contributed by atoms with Gasteiger partial charge in [-0.25, -0.2) is 4.79 Å². The second-order valence-electron chi connectivity index (χ2n) is 4.45. The third-order valence-corrected chi connectivity index (χ3v) is 3.62. The highest BCUT2D eigenvalue weighted by Crippen LogP contribution is 2.14. The van der Waals surface area contributed by atoms with Crippen molar-refractivity contribution in [1.82, 2.24) is 9.88 Å². The van der Waals surface area contributed by atoms with Gasteiger partial charge in [0.15, 0.2) is 0 Å². The van der Waals surface area contributed by atoms with Crippen molar-refractivity contribution in [2.75, 3.05) is 19.7 Å². The summed E-state index contributed by atoms with van der Waals surface area (Å²) in [6, 6.07) is 0. The van der Waals surface area contributed by atoms with Crippen LogP contribution in [0.1, 0.15) is 42.1 Å². The molecule has 2 N–H and O–H groups in total. The minimum atomic E-state index is -0.871. The highest BCUT2D eigenvalue weighted by Gasteiger charge is 2.19. The molecule has 118 valence electrons. The molecule has 0 bridgehead atoms. The average Bonchev–Trinajstić information content (AvgIpc) is 2.77. The lowest BCUT2D eigenvalue weighted by molar-refractivity contribution is -0.137. The van der Waals surface area contributed by atoms with E-state index in [1.54, 1.807) is 6.92 Å². The standard InChI is InChI=1S/C13H20N2O5S/c1-3-6-15(7-5-10(16)17)8-9-11(12(18)20-4-2)14-13(19)21-9/h3-8H2,1-2H3,(H,14,19)(H,16,17). The Bertz CT molecular complexity index is 537. The predicted octanol–water partition coefficient (Wildman–Crippen LogP) is 1.30. The molecule has 0 saturated heterocycles. The average molecular weight is 316 g/mol. The first-order valence-corrected chi connectivity index (χ1v) is 7.62. The lowest BCUT2D eigenvalue weighted by Gasteiger charge is -2.20. The van der Waals surface area contributed by atoms with E-state index in [-0.39, 0.29) is 23.6 Å². The fourth-order valence-corrected chi connectivity index (χ4v) is 2.74. The molecule has 0 aliphatic rings. The van der Waals surface area contributed by atoms with E-state index in [0.717, 1.165) is 17.8 Å². The molecule has 0 spiro atoms. The van der Waals surface area contributed by atoms with Gasteiger partial charge >= 0.3 is 16.8 Å². The Morgan fingerprint density at radius 3 is 2.62 bits per heavy atom.